The van der Waals surface area contributed by atoms with E-state index in [1.54, 1.807) is 0 Å². The zero-order valence-electron chi connectivity index (χ0n) is 12.7. The van der Waals surface area contributed by atoms with Gasteiger partial charge in [-0.15, -0.1) is 0 Å². The third-order valence-electron chi connectivity index (χ3n) is 4.09. The molecule has 1 aliphatic heterocycles. The fraction of sp³-hybridized carbons (Fsp3) is 0.389. The maximum atomic E-state index is 4.39. The molecule has 21 heavy (non-hydrogen) atoms. The summed E-state index contributed by atoms with van der Waals surface area (Å²) in [4.78, 5) is 6.84. The minimum Gasteiger partial charge on any atom is -0.384 e. The number of nitrogens with one attached hydrogen (secondary N) is 1. The van der Waals surface area contributed by atoms with Gasteiger partial charge in [-0.1, -0.05) is 31.2 Å². The summed E-state index contributed by atoms with van der Waals surface area (Å²) in [6, 6.07) is 11.0. The molecule has 0 atom stereocenters. The number of nitrogens with zero attached hydrogens (tertiary/aromatic N) is 2. The quantitative estimate of drug-likeness (QED) is 0.929. The van der Waals surface area contributed by atoms with Gasteiger partial charge in [0.2, 0.25) is 0 Å². The van der Waals surface area contributed by atoms with Crippen molar-refractivity contribution in [1.82, 2.24) is 4.98 Å². The predicted molar refractivity (Wildman–Crippen MR) is 89.1 cm³/mol. The molecule has 3 nitrogen and oxygen atoms in total. The van der Waals surface area contributed by atoms with Gasteiger partial charge in [-0.2, -0.15) is 0 Å². The molecule has 1 aromatic heterocycles. The molecule has 1 N–H and O–H groups in total. The second-order valence-electron chi connectivity index (χ2n) is 5.61. The van der Waals surface area contributed by atoms with Crippen LogP contribution in [-0.2, 0) is 12.8 Å². The number of hydrogen-bond acceptors (Lipinski definition) is 3. The molecule has 0 spiro atoms. The van der Waals surface area contributed by atoms with E-state index in [0.717, 1.165) is 44.6 Å². The molecule has 2 heterocycles. The lowest BCUT2D eigenvalue weighted by Gasteiger charge is -2.22. The maximum Gasteiger partial charge on any atom is 0.0573 e. The van der Waals surface area contributed by atoms with Gasteiger partial charge in [0.15, 0.2) is 0 Å². The zero-order chi connectivity index (χ0) is 14.5. The average molecular weight is 281 g/mol. The third-order valence-corrected chi connectivity index (χ3v) is 4.09. The molecular weight excluding hydrogens is 258 g/mol. The summed E-state index contributed by atoms with van der Waals surface area (Å²) in [7, 11) is 0. The van der Waals surface area contributed by atoms with Gasteiger partial charge in [-0.05, 0) is 36.5 Å². The molecular formula is C18H23N3. The van der Waals surface area contributed by atoms with Crippen molar-refractivity contribution in [2.75, 3.05) is 29.9 Å². The van der Waals surface area contributed by atoms with Crippen LogP contribution in [-0.4, -0.2) is 24.6 Å². The van der Waals surface area contributed by atoms with E-state index < -0.39 is 0 Å². The SMILES string of the molecule is CCCNc1cncc(N2CCc3ccccc3CC2)c1. The number of pyridine rings is 1. The summed E-state index contributed by atoms with van der Waals surface area (Å²) in [6.07, 6.45) is 7.24. The molecule has 0 fully saturated rings. The molecule has 0 bridgehead atoms. The Morgan fingerprint density at radius 2 is 1.81 bits per heavy atom. The van der Waals surface area contributed by atoms with Crippen molar-refractivity contribution < 1.29 is 0 Å². The van der Waals surface area contributed by atoms with Gasteiger partial charge in [-0.3, -0.25) is 4.98 Å². The fourth-order valence-corrected chi connectivity index (χ4v) is 2.89. The topological polar surface area (TPSA) is 28.2 Å². The number of rotatable bonds is 4. The third kappa shape index (κ3) is 3.35. The normalized spacial score (nSPS) is 14.4. The minimum atomic E-state index is 0.997. The number of hydrogen-bond donors (Lipinski definition) is 1. The van der Waals surface area contributed by atoms with Gasteiger partial charge >= 0.3 is 0 Å². The Bertz CT molecular complexity index is 568. The Labute approximate surface area is 127 Å². The van der Waals surface area contributed by atoms with E-state index in [1.165, 1.54) is 16.8 Å². The van der Waals surface area contributed by atoms with Crippen LogP contribution >= 0.6 is 0 Å². The van der Waals surface area contributed by atoms with E-state index in [9.17, 15) is 0 Å². The Hall–Kier alpha value is -2.03. The zero-order valence-corrected chi connectivity index (χ0v) is 12.7. The summed E-state index contributed by atoms with van der Waals surface area (Å²) < 4.78 is 0. The molecule has 0 radical (unpaired) electrons. The largest absolute Gasteiger partial charge is 0.384 e. The van der Waals surface area contributed by atoms with E-state index >= 15 is 0 Å². The predicted octanol–water partition coefficient (Wildman–Crippen LogP) is 3.51. The van der Waals surface area contributed by atoms with E-state index in [-0.39, 0.29) is 0 Å². The monoisotopic (exact) mass is 281 g/mol. The van der Waals surface area contributed by atoms with Crippen LogP contribution in [0.1, 0.15) is 24.5 Å². The van der Waals surface area contributed by atoms with Crippen molar-refractivity contribution >= 4 is 11.4 Å². The summed E-state index contributed by atoms with van der Waals surface area (Å²) >= 11 is 0. The van der Waals surface area contributed by atoms with Gasteiger partial charge in [0.1, 0.15) is 0 Å². The van der Waals surface area contributed by atoms with Gasteiger partial charge < -0.3 is 10.2 Å². The first-order valence-electron chi connectivity index (χ1n) is 7.87. The molecule has 1 aliphatic rings. The highest BCUT2D eigenvalue weighted by atomic mass is 15.1. The summed E-state index contributed by atoms with van der Waals surface area (Å²) in [6.45, 7) is 5.30. The van der Waals surface area contributed by atoms with Crippen LogP contribution in [0.2, 0.25) is 0 Å². The average Bonchev–Trinajstić information content (AvgIpc) is 2.76. The first-order valence-corrected chi connectivity index (χ1v) is 7.87. The standard InChI is InChI=1S/C18H23N3/c1-2-9-20-17-12-18(14-19-13-17)21-10-7-15-5-3-4-6-16(15)8-11-21/h3-6,12-14,20H,2,7-11H2,1H3. The van der Waals surface area contributed by atoms with Crippen molar-refractivity contribution in [3.63, 3.8) is 0 Å². The van der Waals surface area contributed by atoms with Crippen molar-refractivity contribution in [3.8, 4) is 0 Å². The van der Waals surface area contributed by atoms with Gasteiger partial charge in [-0.25, -0.2) is 0 Å². The molecule has 0 unspecified atom stereocenters. The highest BCUT2D eigenvalue weighted by Gasteiger charge is 2.14. The molecule has 0 aliphatic carbocycles. The van der Waals surface area contributed by atoms with Crippen molar-refractivity contribution in [2.45, 2.75) is 26.2 Å². The molecule has 2 aromatic rings. The lowest BCUT2D eigenvalue weighted by molar-refractivity contribution is 0.803. The van der Waals surface area contributed by atoms with Crippen LogP contribution in [0.4, 0.5) is 11.4 Å². The Morgan fingerprint density at radius 1 is 1.10 bits per heavy atom. The molecule has 0 saturated heterocycles. The van der Waals surface area contributed by atoms with Gasteiger partial charge in [0.05, 0.1) is 23.8 Å². The molecule has 110 valence electrons. The molecule has 0 saturated carbocycles. The van der Waals surface area contributed by atoms with Crippen LogP contribution in [0.15, 0.2) is 42.7 Å². The molecule has 1 aromatic carbocycles. The minimum absolute atomic E-state index is 0.997. The number of fused-ring (bicyclic) bond motifs is 1. The fourth-order valence-electron chi connectivity index (χ4n) is 2.89. The molecule has 3 rings (SSSR count). The lowest BCUT2D eigenvalue weighted by Crippen LogP contribution is -2.26. The highest BCUT2D eigenvalue weighted by molar-refractivity contribution is 5.56. The smallest absolute Gasteiger partial charge is 0.0573 e. The van der Waals surface area contributed by atoms with Gasteiger partial charge in [0.25, 0.3) is 0 Å². The molecule has 3 heteroatoms. The summed E-state index contributed by atoms with van der Waals surface area (Å²) in [5, 5.41) is 3.42. The van der Waals surface area contributed by atoms with E-state index in [0.29, 0.717) is 0 Å². The van der Waals surface area contributed by atoms with Crippen molar-refractivity contribution in [1.29, 1.82) is 0 Å². The maximum absolute atomic E-state index is 4.39. The van der Waals surface area contributed by atoms with E-state index in [1.807, 2.05) is 12.4 Å². The van der Waals surface area contributed by atoms with Crippen molar-refractivity contribution in [3.05, 3.63) is 53.9 Å². The lowest BCUT2D eigenvalue weighted by atomic mass is 10.0. The van der Waals surface area contributed by atoms with Crippen LogP contribution < -0.4 is 10.2 Å². The van der Waals surface area contributed by atoms with E-state index in [4.69, 9.17) is 0 Å². The van der Waals surface area contributed by atoms with Crippen LogP contribution in [0, 0.1) is 0 Å². The summed E-state index contributed by atoms with van der Waals surface area (Å²) in [5.74, 6) is 0. The summed E-state index contributed by atoms with van der Waals surface area (Å²) in [5.41, 5.74) is 5.33. The first-order chi connectivity index (χ1) is 10.4. The second-order valence-corrected chi connectivity index (χ2v) is 5.61. The van der Waals surface area contributed by atoms with Crippen molar-refractivity contribution in [2.24, 2.45) is 0 Å². The van der Waals surface area contributed by atoms with Gasteiger partial charge in [0, 0.05) is 19.6 Å². The van der Waals surface area contributed by atoms with Crippen LogP contribution in [0.25, 0.3) is 0 Å². The number of benzene rings is 1. The number of anilines is 2. The van der Waals surface area contributed by atoms with Crippen LogP contribution in [0.5, 0.6) is 0 Å². The van der Waals surface area contributed by atoms with Crippen LogP contribution in [0.3, 0.4) is 0 Å². The highest BCUT2D eigenvalue weighted by Crippen LogP contribution is 2.22. The Balaban J connectivity index is 1.73. The van der Waals surface area contributed by atoms with E-state index in [2.05, 4.69) is 52.5 Å². The molecule has 0 amide bonds. The Kier molecular flexibility index (Phi) is 4.39. The Morgan fingerprint density at radius 3 is 2.48 bits per heavy atom. The second kappa shape index (κ2) is 6.61. The first kappa shape index (κ1) is 13.9. The number of aromatic nitrogens is 1.